The van der Waals surface area contributed by atoms with Crippen molar-refractivity contribution in [2.75, 3.05) is 18.2 Å². The number of nitrogens with one attached hydrogen (secondary N) is 1. The average Bonchev–Trinajstić information content (AvgIpc) is 2.54. The molecule has 0 saturated carbocycles. The number of aromatic amines is 1. The minimum absolute atomic E-state index is 0.00964. The smallest absolute Gasteiger partial charge is 0.270 e. The van der Waals surface area contributed by atoms with Gasteiger partial charge in [0, 0.05) is 10.9 Å². The first-order chi connectivity index (χ1) is 10.7. The number of nitriles is 1. The van der Waals surface area contributed by atoms with E-state index < -0.39 is 5.56 Å². The summed E-state index contributed by atoms with van der Waals surface area (Å²) in [6.07, 6.45) is 2.71. The van der Waals surface area contributed by atoms with E-state index in [0.717, 1.165) is 11.8 Å². The molecule has 114 valence electrons. The molecule has 1 aromatic carbocycles. The summed E-state index contributed by atoms with van der Waals surface area (Å²) < 4.78 is 5.64. The second-order valence-corrected chi connectivity index (χ2v) is 5.92. The molecular formula is C15H14BrN3O2S. The van der Waals surface area contributed by atoms with Gasteiger partial charge in [0.05, 0.1) is 12.3 Å². The third-order valence-corrected chi connectivity index (χ3v) is 4.00. The predicted octanol–water partition coefficient (Wildman–Crippen LogP) is 3.19. The van der Waals surface area contributed by atoms with Crippen molar-refractivity contribution in [3.8, 4) is 23.1 Å². The van der Waals surface area contributed by atoms with Crippen molar-refractivity contribution in [3.05, 3.63) is 40.2 Å². The molecule has 0 aliphatic rings. The number of nitrogens with zero attached hydrogens (tertiary/aromatic N) is 2. The first kappa shape index (κ1) is 16.6. The van der Waals surface area contributed by atoms with E-state index in [4.69, 9.17) is 4.74 Å². The zero-order valence-electron chi connectivity index (χ0n) is 11.9. The second kappa shape index (κ2) is 8.01. The van der Waals surface area contributed by atoms with Crippen LogP contribution in [0.5, 0.6) is 5.75 Å². The Kier molecular flexibility index (Phi) is 6.04. The Morgan fingerprint density at radius 1 is 1.50 bits per heavy atom. The van der Waals surface area contributed by atoms with E-state index >= 15 is 0 Å². The number of thioether (sulfide) groups is 1. The number of alkyl halides is 1. The number of benzene rings is 1. The summed E-state index contributed by atoms with van der Waals surface area (Å²) in [5, 5.41) is 10.6. The highest BCUT2D eigenvalue weighted by Gasteiger charge is 2.13. The van der Waals surface area contributed by atoms with Crippen LogP contribution in [0.2, 0.25) is 0 Å². The van der Waals surface area contributed by atoms with Crippen molar-refractivity contribution in [1.29, 1.82) is 5.26 Å². The zero-order valence-corrected chi connectivity index (χ0v) is 14.3. The van der Waals surface area contributed by atoms with Crippen LogP contribution in [-0.2, 0) is 0 Å². The molecule has 0 saturated heterocycles. The van der Waals surface area contributed by atoms with Crippen LogP contribution < -0.4 is 10.3 Å². The van der Waals surface area contributed by atoms with Gasteiger partial charge < -0.3 is 9.72 Å². The van der Waals surface area contributed by atoms with Crippen LogP contribution in [0.3, 0.4) is 0 Å². The molecule has 22 heavy (non-hydrogen) atoms. The average molecular weight is 380 g/mol. The third kappa shape index (κ3) is 3.90. The summed E-state index contributed by atoms with van der Waals surface area (Å²) in [5.74, 6) is 0.690. The fourth-order valence-electron chi connectivity index (χ4n) is 1.84. The van der Waals surface area contributed by atoms with Crippen molar-refractivity contribution in [2.45, 2.75) is 11.6 Å². The van der Waals surface area contributed by atoms with E-state index in [2.05, 4.69) is 25.9 Å². The molecule has 1 aromatic heterocycles. The summed E-state index contributed by atoms with van der Waals surface area (Å²) in [5.41, 5.74) is 0.647. The summed E-state index contributed by atoms with van der Waals surface area (Å²) in [6, 6.07) is 9.19. The fraction of sp³-hybridized carbons (Fsp3) is 0.267. The summed E-state index contributed by atoms with van der Waals surface area (Å²) >= 11 is 4.67. The van der Waals surface area contributed by atoms with E-state index in [-0.39, 0.29) is 5.56 Å². The SMILES string of the molecule is CSc1nc(-c2cccc(OCCCBr)c2)c(C#N)c(=O)[nH]1. The van der Waals surface area contributed by atoms with Crippen LogP contribution in [-0.4, -0.2) is 28.2 Å². The van der Waals surface area contributed by atoms with Gasteiger partial charge in [-0.3, -0.25) is 4.79 Å². The molecule has 0 amide bonds. The molecule has 2 aromatic rings. The van der Waals surface area contributed by atoms with Gasteiger partial charge in [-0.25, -0.2) is 4.98 Å². The van der Waals surface area contributed by atoms with Gasteiger partial charge in [0.25, 0.3) is 5.56 Å². The van der Waals surface area contributed by atoms with Crippen LogP contribution in [0.4, 0.5) is 0 Å². The molecule has 0 bridgehead atoms. The van der Waals surface area contributed by atoms with Crippen molar-refractivity contribution in [3.63, 3.8) is 0 Å². The molecule has 0 aliphatic carbocycles. The highest BCUT2D eigenvalue weighted by molar-refractivity contribution is 9.09. The summed E-state index contributed by atoms with van der Waals surface area (Å²) in [4.78, 5) is 18.9. The highest BCUT2D eigenvalue weighted by Crippen LogP contribution is 2.25. The van der Waals surface area contributed by atoms with Gasteiger partial charge >= 0.3 is 0 Å². The maximum atomic E-state index is 12.0. The number of aromatic nitrogens is 2. The molecule has 0 radical (unpaired) electrons. The molecule has 0 fully saturated rings. The zero-order chi connectivity index (χ0) is 15.9. The van der Waals surface area contributed by atoms with Gasteiger partial charge in [-0.05, 0) is 24.8 Å². The first-order valence-corrected chi connectivity index (χ1v) is 8.91. The Morgan fingerprint density at radius 2 is 2.32 bits per heavy atom. The molecule has 5 nitrogen and oxygen atoms in total. The molecule has 0 spiro atoms. The van der Waals surface area contributed by atoms with E-state index in [1.165, 1.54) is 11.8 Å². The van der Waals surface area contributed by atoms with E-state index in [0.29, 0.717) is 28.8 Å². The maximum absolute atomic E-state index is 12.0. The molecule has 0 unspecified atom stereocenters. The van der Waals surface area contributed by atoms with E-state index in [1.54, 1.807) is 6.07 Å². The van der Waals surface area contributed by atoms with Crippen molar-refractivity contribution in [1.82, 2.24) is 9.97 Å². The van der Waals surface area contributed by atoms with Gasteiger partial charge in [-0.15, -0.1) is 0 Å². The number of ether oxygens (including phenoxy) is 1. The Balaban J connectivity index is 2.43. The van der Waals surface area contributed by atoms with Gasteiger partial charge in [0.1, 0.15) is 17.4 Å². The molecule has 0 atom stereocenters. The van der Waals surface area contributed by atoms with Crippen LogP contribution in [0.25, 0.3) is 11.3 Å². The van der Waals surface area contributed by atoms with Gasteiger partial charge in [-0.2, -0.15) is 5.26 Å². The Hall–Kier alpha value is -1.78. The second-order valence-electron chi connectivity index (χ2n) is 4.33. The lowest BCUT2D eigenvalue weighted by atomic mass is 10.1. The number of hydrogen-bond donors (Lipinski definition) is 1. The minimum Gasteiger partial charge on any atom is -0.494 e. The number of H-pyrrole nitrogens is 1. The van der Waals surface area contributed by atoms with Gasteiger partial charge in [-0.1, -0.05) is 39.8 Å². The third-order valence-electron chi connectivity index (χ3n) is 2.86. The summed E-state index contributed by atoms with van der Waals surface area (Å²) in [7, 11) is 0. The van der Waals surface area contributed by atoms with Crippen LogP contribution in [0, 0.1) is 11.3 Å². The highest BCUT2D eigenvalue weighted by atomic mass is 79.9. The maximum Gasteiger partial charge on any atom is 0.270 e. The molecule has 0 aliphatic heterocycles. The lowest BCUT2D eigenvalue weighted by Crippen LogP contribution is -2.14. The lowest BCUT2D eigenvalue weighted by molar-refractivity contribution is 0.319. The quantitative estimate of drug-likeness (QED) is 0.360. The normalized spacial score (nSPS) is 10.2. The van der Waals surface area contributed by atoms with Crippen LogP contribution >= 0.6 is 27.7 Å². The van der Waals surface area contributed by atoms with Crippen molar-refractivity contribution < 1.29 is 4.74 Å². The number of hydrogen-bond acceptors (Lipinski definition) is 5. The van der Waals surface area contributed by atoms with Gasteiger partial charge in [0.2, 0.25) is 0 Å². The van der Waals surface area contributed by atoms with Crippen molar-refractivity contribution in [2.24, 2.45) is 0 Å². The Labute approximate surface area is 140 Å². The molecule has 1 N–H and O–H groups in total. The standard InChI is InChI=1S/C15H14BrN3O2S/c1-22-15-18-13(12(9-17)14(20)19-15)10-4-2-5-11(8-10)21-7-3-6-16/h2,4-5,8H,3,6-7H2,1H3,(H,18,19,20). The molecular weight excluding hydrogens is 366 g/mol. The topological polar surface area (TPSA) is 78.8 Å². The van der Waals surface area contributed by atoms with Crippen LogP contribution in [0.15, 0.2) is 34.2 Å². The van der Waals surface area contributed by atoms with E-state index in [1.807, 2.05) is 30.5 Å². The monoisotopic (exact) mass is 379 g/mol. The van der Waals surface area contributed by atoms with Crippen LogP contribution in [0.1, 0.15) is 12.0 Å². The predicted molar refractivity (Wildman–Crippen MR) is 90.7 cm³/mol. The number of rotatable bonds is 6. The Bertz CT molecular complexity index is 755. The largest absolute Gasteiger partial charge is 0.494 e. The lowest BCUT2D eigenvalue weighted by Gasteiger charge is -2.08. The summed E-state index contributed by atoms with van der Waals surface area (Å²) in [6.45, 7) is 0.596. The Morgan fingerprint density at radius 3 is 3.00 bits per heavy atom. The molecule has 1 heterocycles. The molecule has 2 rings (SSSR count). The first-order valence-electron chi connectivity index (χ1n) is 6.57. The number of halogens is 1. The van der Waals surface area contributed by atoms with Gasteiger partial charge in [0.15, 0.2) is 5.16 Å². The fourth-order valence-corrected chi connectivity index (χ4v) is 2.45. The van der Waals surface area contributed by atoms with E-state index in [9.17, 15) is 10.1 Å². The molecule has 7 heteroatoms. The van der Waals surface area contributed by atoms with Crippen molar-refractivity contribution >= 4 is 27.7 Å². The minimum atomic E-state index is -0.428.